The Morgan fingerprint density at radius 3 is 1.74 bits per heavy atom. The molecule has 1 saturated carbocycles. The average Bonchev–Trinajstić information content (AvgIpc) is 3.37. The number of esters is 2. The standard InChI is InChI=1S/C45H72O5/c1-5-7-9-11-13-14-15-16-17-18-19-20-21-22-23-24-25-27-32-37-45(48)50-43-38-42(46)40(41(43)35-31-26-12-10-8-6-2)34-30-28-29-33-36-44(47)49-39(3)4/h7,9,13-14,16-17,19-20,22-23,25,27-28,30,39-43,46H,5-6,8,10-12,15,18,21,24,26,29,31-38H2,1-4H3/b9-7-,14-13-,17-16-,20-19-,23-22-,27-25-,30-28-/t40-,41-,42+,43-/m1/s1. The highest BCUT2D eigenvalue weighted by atomic mass is 16.5. The van der Waals surface area contributed by atoms with Crippen molar-refractivity contribution in [3.8, 4) is 0 Å². The molecule has 4 atom stereocenters. The van der Waals surface area contributed by atoms with E-state index in [1.807, 2.05) is 13.8 Å². The number of aliphatic hydroxyl groups excluding tert-OH is 1. The third kappa shape index (κ3) is 25.1. The Morgan fingerprint density at radius 1 is 0.620 bits per heavy atom. The Morgan fingerprint density at radius 2 is 1.16 bits per heavy atom. The zero-order valence-corrected chi connectivity index (χ0v) is 32.2. The number of unbranched alkanes of at least 4 members (excludes halogenated alkanes) is 6. The van der Waals surface area contributed by atoms with Crippen LogP contribution in [-0.4, -0.2) is 35.4 Å². The van der Waals surface area contributed by atoms with Crippen LogP contribution < -0.4 is 0 Å². The lowest BCUT2D eigenvalue weighted by atomic mass is 9.86. The number of hydrogen-bond donors (Lipinski definition) is 1. The molecule has 0 saturated heterocycles. The number of allylic oxidation sites excluding steroid dienone is 14. The summed E-state index contributed by atoms with van der Waals surface area (Å²) in [5, 5.41) is 11.0. The molecule has 50 heavy (non-hydrogen) atoms. The predicted molar refractivity (Wildman–Crippen MR) is 212 cm³/mol. The van der Waals surface area contributed by atoms with Crippen LogP contribution in [0.3, 0.4) is 0 Å². The van der Waals surface area contributed by atoms with Crippen LogP contribution in [0.4, 0.5) is 0 Å². The third-order valence-electron chi connectivity index (χ3n) is 8.97. The van der Waals surface area contributed by atoms with Crippen molar-refractivity contribution in [2.45, 2.75) is 174 Å². The van der Waals surface area contributed by atoms with Gasteiger partial charge in [0.2, 0.25) is 0 Å². The third-order valence-corrected chi connectivity index (χ3v) is 8.97. The Bertz CT molecular complexity index is 1060. The summed E-state index contributed by atoms with van der Waals surface area (Å²) in [5.41, 5.74) is 0. The molecule has 0 amide bonds. The SMILES string of the molecule is CC/C=C\C/C=C\C/C=C\C/C=C\C/C=C\C/C=C\CCC(=O)O[C@@H]1C[C@H](O)[C@H](C/C=C\CCCC(=O)OC(C)C)[C@H]1CCCCCCCC. The summed E-state index contributed by atoms with van der Waals surface area (Å²) in [5.74, 6) is -0.0473. The van der Waals surface area contributed by atoms with Gasteiger partial charge in [0.25, 0.3) is 0 Å². The Labute approximate surface area is 306 Å². The summed E-state index contributed by atoms with van der Waals surface area (Å²) >= 11 is 0. The fourth-order valence-corrected chi connectivity index (χ4v) is 6.30. The van der Waals surface area contributed by atoms with Crippen molar-refractivity contribution in [3.05, 3.63) is 85.1 Å². The highest BCUT2D eigenvalue weighted by Gasteiger charge is 2.43. The van der Waals surface area contributed by atoms with Crippen LogP contribution in [0.25, 0.3) is 0 Å². The molecule has 0 aliphatic heterocycles. The first-order valence-electron chi connectivity index (χ1n) is 20.0. The molecule has 282 valence electrons. The van der Waals surface area contributed by atoms with E-state index in [-0.39, 0.29) is 36.0 Å². The molecule has 1 rings (SSSR count). The zero-order valence-electron chi connectivity index (χ0n) is 32.2. The van der Waals surface area contributed by atoms with Crippen LogP contribution in [0.5, 0.6) is 0 Å². The van der Waals surface area contributed by atoms with Gasteiger partial charge in [0, 0.05) is 25.2 Å². The molecular weight excluding hydrogens is 620 g/mol. The normalized spacial score (nSPS) is 20.1. The molecule has 0 radical (unpaired) electrons. The molecule has 0 spiro atoms. The van der Waals surface area contributed by atoms with Gasteiger partial charge in [-0.25, -0.2) is 0 Å². The summed E-state index contributed by atoms with van der Waals surface area (Å²) in [7, 11) is 0. The van der Waals surface area contributed by atoms with Crippen molar-refractivity contribution in [2.75, 3.05) is 0 Å². The van der Waals surface area contributed by atoms with Gasteiger partial charge in [-0.1, -0.05) is 137 Å². The second-order valence-corrected chi connectivity index (χ2v) is 13.8. The van der Waals surface area contributed by atoms with E-state index < -0.39 is 6.10 Å². The first-order valence-corrected chi connectivity index (χ1v) is 20.0. The molecule has 0 bridgehead atoms. The number of ether oxygens (including phenoxy) is 2. The first kappa shape index (κ1) is 45.1. The van der Waals surface area contributed by atoms with Gasteiger partial charge in [0.15, 0.2) is 0 Å². The minimum atomic E-state index is -0.466. The monoisotopic (exact) mass is 693 g/mol. The molecule has 1 aliphatic carbocycles. The van der Waals surface area contributed by atoms with E-state index in [1.165, 1.54) is 32.1 Å². The van der Waals surface area contributed by atoms with E-state index in [9.17, 15) is 14.7 Å². The number of hydrogen-bond acceptors (Lipinski definition) is 5. The molecule has 1 N–H and O–H groups in total. The molecule has 0 unspecified atom stereocenters. The molecular formula is C45H72O5. The maximum absolute atomic E-state index is 12.8. The summed E-state index contributed by atoms with van der Waals surface area (Å²) in [6.45, 7) is 8.12. The van der Waals surface area contributed by atoms with Crippen LogP contribution in [0.15, 0.2) is 85.1 Å². The lowest BCUT2D eigenvalue weighted by Gasteiger charge is -2.25. The quantitative estimate of drug-likeness (QED) is 0.0480. The Kier molecular flexibility index (Phi) is 28.9. The van der Waals surface area contributed by atoms with Gasteiger partial charge >= 0.3 is 11.9 Å². The van der Waals surface area contributed by atoms with Crippen molar-refractivity contribution < 1.29 is 24.2 Å². The number of carbonyl (C=O) groups is 2. The Balaban J connectivity index is 2.41. The lowest BCUT2D eigenvalue weighted by molar-refractivity contribution is -0.151. The van der Waals surface area contributed by atoms with Crippen LogP contribution in [-0.2, 0) is 19.1 Å². The summed E-state index contributed by atoms with van der Waals surface area (Å²) in [4.78, 5) is 24.6. The molecule has 0 aromatic carbocycles. The molecule has 0 aromatic heterocycles. The lowest BCUT2D eigenvalue weighted by Crippen LogP contribution is -2.26. The van der Waals surface area contributed by atoms with E-state index in [2.05, 4.69) is 98.9 Å². The smallest absolute Gasteiger partial charge is 0.306 e. The van der Waals surface area contributed by atoms with Gasteiger partial charge in [-0.2, -0.15) is 0 Å². The number of carbonyl (C=O) groups excluding carboxylic acids is 2. The topological polar surface area (TPSA) is 72.8 Å². The van der Waals surface area contributed by atoms with Crippen LogP contribution in [0.1, 0.15) is 156 Å². The second kappa shape index (κ2) is 32.0. The molecule has 0 aromatic rings. The number of aliphatic hydroxyl groups is 1. The van der Waals surface area contributed by atoms with Gasteiger partial charge in [-0.05, 0) is 90.4 Å². The van der Waals surface area contributed by atoms with Crippen molar-refractivity contribution in [2.24, 2.45) is 11.8 Å². The fourth-order valence-electron chi connectivity index (χ4n) is 6.30. The largest absolute Gasteiger partial charge is 0.463 e. The fraction of sp³-hybridized carbons (Fsp3) is 0.644. The highest BCUT2D eigenvalue weighted by molar-refractivity contribution is 5.70. The van der Waals surface area contributed by atoms with E-state index in [1.54, 1.807) is 0 Å². The molecule has 1 fully saturated rings. The van der Waals surface area contributed by atoms with Crippen molar-refractivity contribution in [1.82, 2.24) is 0 Å². The minimum Gasteiger partial charge on any atom is -0.463 e. The van der Waals surface area contributed by atoms with E-state index in [0.717, 1.165) is 70.6 Å². The average molecular weight is 693 g/mol. The van der Waals surface area contributed by atoms with Gasteiger partial charge in [-0.15, -0.1) is 0 Å². The molecule has 5 nitrogen and oxygen atoms in total. The first-order chi connectivity index (χ1) is 24.4. The molecule has 5 heteroatoms. The summed E-state index contributed by atoms with van der Waals surface area (Å²) in [6, 6.07) is 0. The summed E-state index contributed by atoms with van der Waals surface area (Å²) < 4.78 is 11.2. The van der Waals surface area contributed by atoms with Gasteiger partial charge in [0.1, 0.15) is 6.10 Å². The van der Waals surface area contributed by atoms with Crippen LogP contribution in [0.2, 0.25) is 0 Å². The minimum absolute atomic E-state index is 0.0795. The van der Waals surface area contributed by atoms with Gasteiger partial charge in [0.05, 0.1) is 12.2 Å². The molecule has 0 heterocycles. The van der Waals surface area contributed by atoms with Gasteiger partial charge < -0.3 is 14.6 Å². The maximum Gasteiger partial charge on any atom is 0.306 e. The Hall–Kier alpha value is -2.92. The maximum atomic E-state index is 12.8. The van der Waals surface area contributed by atoms with Crippen molar-refractivity contribution >= 4 is 11.9 Å². The van der Waals surface area contributed by atoms with Crippen LogP contribution in [0, 0.1) is 11.8 Å². The van der Waals surface area contributed by atoms with Crippen molar-refractivity contribution in [3.63, 3.8) is 0 Å². The summed E-state index contributed by atoms with van der Waals surface area (Å²) in [6.07, 6.45) is 48.1. The second-order valence-electron chi connectivity index (χ2n) is 13.8. The van der Waals surface area contributed by atoms with Gasteiger partial charge in [-0.3, -0.25) is 9.59 Å². The number of rotatable bonds is 29. The van der Waals surface area contributed by atoms with E-state index in [4.69, 9.17) is 9.47 Å². The predicted octanol–water partition coefficient (Wildman–Crippen LogP) is 12.2. The highest BCUT2D eigenvalue weighted by Crippen LogP contribution is 2.40. The zero-order chi connectivity index (χ0) is 36.5. The van der Waals surface area contributed by atoms with Crippen LogP contribution >= 0.6 is 0 Å². The molecule has 1 aliphatic rings. The van der Waals surface area contributed by atoms with E-state index in [0.29, 0.717) is 25.7 Å². The van der Waals surface area contributed by atoms with E-state index >= 15 is 0 Å². The van der Waals surface area contributed by atoms with Crippen molar-refractivity contribution in [1.29, 1.82) is 0 Å².